The molecule has 6 heteroatoms. The van der Waals surface area contributed by atoms with Crippen LogP contribution in [0.15, 0.2) is 0 Å². The van der Waals surface area contributed by atoms with Gasteiger partial charge in [0.25, 0.3) is 0 Å². The molecule has 0 aromatic heterocycles. The Morgan fingerprint density at radius 1 is 0.500 bits per heavy atom. The van der Waals surface area contributed by atoms with Crippen LogP contribution in [0.1, 0.15) is 0 Å². The molecule has 0 bridgehead atoms. The largest absolute Gasteiger partial charge is 3.00 e. The molecule has 0 saturated carbocycles. The van der Waals surface area contributed by atoms with Gasteiger partial charge in [-0.05, 0) is 0 Å². The maximum absolute atomic E-state index is 0. The molecule has 0 heterocycles. The molecule has 0 atom stereocenters. The van der Waals surface area contributed by atoms with Crippen molar-refractivity contribution >= 4 is 0 Å². The Morgan fingerprint density at radius 3 is 0.500 bits per heavy atom. The zero-order chi connectivity index (χ0) is 0. The fraction of sp³-hybridized carbons (Fsp3) is 0. The van der Waals surface area contributed by atoms with Crippen LogP contribution in [-0.4, -0.2) is 0 Å². The maximum atomic E-state index is 0. The van der Waals surface area contributed by atoms with Gasteiger partial charge in [0.15, 0.2) is 0 Å². The number of rotatable bonds is 0. The SMILES string of the molecule is [Br-].[Br-].[Br-].[Br-].[Ir+3].[K+]. The summed E-state index contributed by atoms with van der Waals surface area (Å²) in [7, 11) is 0. The van der Waals surface area contributed by atoms with Gasteiger partial charge in [-0.15, -0.1) is 0 Å². The van der Waals surface area contributed by atoms with Crippen LogP contribution < -0.4 is 119 Å². The van der Waals surface area contributed by atoms with E-state index in [4.69, 9.17) is 0 Å². The summed E-state index contributed by atoms with van der Waals surface area (Å²) in [6.45, 7) is 0. The van der Waals surface area contributed by atoms with Crippen molar-refractivity contribution in [2.75, 3.05) is 0 Å². The third kappa shape index (κ3) is 24.1. The summed E-state index contributed by atoms with van der Waals surface area (Å²) in [6.07, 6.45) is 0. The molecule has 0 aliphatic rings. The quantitative estimate of drug-likeness (QED) is 0.263. The fourth-order valence-corrected chi connectivity index (χ4v) is 0. The van der Waals surface area contributed by atoms with Crippen LogP contribution in [0, 0.1) is 0 Å². The second-order valence-corrected chi connectivity index (χ2v) is 0. The van der Waals surface area contributed by atoms with Crippen LogP contribution in [0.3, 0.4) is 0 Å². The molecule has 0 spiro atoms. The van der Waals surface area contributed by atoms with Crippen molar-refractivity contribution in [2.24, 2.45) is 0 Å². The van der Waals surface area contributed by atoms with Gasteiger partial charge in [0.1, 0.15) is 0 Å². The third-order valence-electron chi connectivity index (χ3n) is 0. The molecular weight excluding hydrogens is 551 g/mol. The van der Waals surface area contributed by atoms with Gasteiger partial charge in [-0.3, -0.25) is 0 Å². The minimum atomic E-state index is 0. The zero-order valence-corrected chi connectivity index (χ0v) is 14.7. The summed E-state index contributed by atoms with van der Waals surface area (Å²) in [6, 6.07) is 0. The van der Waals surface area contributed by atoms with Gasteiger partial charge < -0.3 is 67.9 Å². The first-order valence-corrected chi connectivity index (χ1v) is 0. The maximum Gasteiger partial charge on any atom is 3.00 e. The topological polar surface area (TPSA) is 0 Å². The van der Waals surface area contributed by atoms with Gasteiger partial charge in [0.2, 0.25) is 0 Å². The van der Waals surface area contributed by atoms with Gasteiger partial charge in [0.05, 0.1) is 0 Å². The van der Waals surface area contributed by atoms with Crippen molar-refractivity contribution < 1.29 is 139 Å². The molecule has 0 nitrogen and oxygen atoms in total. The molecule has 0 saturated heterocycles. The molecule has 0 fully saturated rings. The minimum absolute atomic E-state index is 0. The van der Waals surface area contributed by atoms with Gasteiger partial charge in [-0.25, -0.2) is 0 Å². The van der Waals surface area contributed by atoms with Gasteiger partial charge in [-0.2, -0.15) is 0 Å². The Hall–Kier alpha value is 4.21. The summed E-state index contributed by atoms with van der Waals surface area (Å²) >= 11 is 0. The first-order chi connectivity index (χ1) is 0. The van der Waals surface area contributed by atoms with E-state index in [1.54, 1.807) is 0 Å². The van der Waals surface area contributed by atoms with Crippen LogP contribution in [0.4, 0.5) is 0 Å². The smallest absolute Gasteiger partial charge is 1.00 e. The third-order valence-corrected chi connectivity index (χ3v) is 0. The summed E-state index contributed by atoms with van der Waals surface area (Å²) in [5.74, 6) is 0. The molecule has 0 rings (SSSR count). The predicted molar refractivity (Wildman–Crippen MR) is 0 cm³/mol. The van der Waals surface area contributed by atoms with Crippen molar-refractivity contribution in [1.29, 1.82) is 0 Å². The van der Waals surface area contributed by atoms with E-state index in [1.807, 2.05) is 0 Å². The average Bonchev–Trinajstić information content (AvgIpc) is 0. The van der Waals surface area contributed by atoms with Gasteiger partial charge in [-0.1, -0.05) is 0 Å². The van der Waals surface area contributed by atoms with E-state index in [-0.39, 0.29) is 139 Å². The molecule has 0 aromatic carbocycles. The first-order valence-electron chi connectivity index (χ1n) is 0. The fourth-order valence-electron chi connectivity index (χ4n) is 0. The van der Waals surface area contributed by atoms with Gasteiger partial charge in [0, 0.05) is 0 Å². The second kappa shape index (κ2) is 35.0. The molecule has 6 heavy (non-hydrogen) atoms. The molecule has 0 aliphatic heterocycles. The minimum Gasteiger partial charge on any atom is -1.00 e. The molecule has 0 unspecified atom stereocenters. The predicted octanol–water partition coefficient (Wildman–Crippen LogP) is -15.0. The van der Waals surface area contributed by atoms with E-state index in [9.17, 15) is 0 Å². The molecule has 0 N–H and O–H groups in total. The first kappa shape index (κ1) is 48.9. The van der Waals surface area contributed by atoms with Crippen LogP contribution in [0.25, 0.3) is 0 Å². The zero-order valence-electron chi connectivity index (χ0n) is 2.85. The normalized spacial score (nSPS) is 0. The van der Waals surface area contributed by atoms with Gasteiger partial charge >= 0.3 is 71.5 Å². The Labute approximate surface area is 136 Å². The number of hydrogen-bond donors (Lipinski definition) is 0. The number of halogens is 4. The van der Waals surface area contributed by atoms with Crippen LogP contribution in [-0.2, 0) is 20.1 Å². The van der Waals surface area contributed by atoms with Crippen LogP contribution in [0.2, 0.25) is 0 Å². The summed E-state index contributed by atoms with van der Waals surface area (Å²) in [5, 5.41) is 0. The second-order valence-electron chi connectivity index (χ2n) is 0. The van der Waals surface area contributed by atoms with Crippen molar-refractivity contribution in [1.82, 2.24) is 0 Å². The monoisotopic (exact) mass is 548 g/mol. The summed E-state index contributed by atoms with van der Waals surface area (Å²) in [5.41, 5.74) is 0. The Bertz CT molecular complexity index is 7.51. The molecule has 0 aliphatic carbocycles. The van der Waals surface area contributed by atoms with Crippen molar-refractivity contribution in [2.45, 2.75) is 0 Å². The van der Waals surface area contributed by atoms with E-state index in [2.05, 4.69) is 0 Å². The molecule has 0 amide bonds. The van der Waals surface area contributed by atoms with E-state index >= 15 is 0 Å². The van der Waals surface area contributed by atoms with Crippen molar-refractivity contribution in [3.05, 3.63) is 0 Å². The molecule has 38 valence electrons. The van der Waals surface area contributed by atoms with Crippen molar-refractivity contribution in [3.63, 3.8) is 0 Å². The van der Waals surface area contributed by atoms with E-state index in [0.29, 0.717) is 0 Å². The Balaban J connectivity index is 0. The Morgan fingerprint density at radius 2 is 0.500 bits per heavy atom. The number of hydrogen-bond acceptors (Lipinski definition) is 0. The van der Waals surface area contributed by atoms with Crippen LogP contribution >= 0.6 is 0 Å². The van der Waals surface area contributed by atoms with E-state index in [0.717, 1.165) is 0 Å². The van der Waals surface area contributed by atoms with E-state index in [1.165, 1.54) is 0 Å². The van der Waals surface area contributed by atoms with Crippen LogP contribution in [0.5, 0.6) is 0 Å². The standard InChI is InChI=1S/4BrH.Ir.K/h4*1H;;/q;;;;+3;+1/p-4. The average molecular weight is 551 g/mol. The van der Waals surface area contributed by atoms with E-state index < -0.39 is 0 Å². The molecule has 0 aromatic rings. The summed E-state index contributed by atoms with van der Waals surface area (Å²) < 4.78 is 0. The van der Waals surface area contributed by atoms with Crippen molar-refractivity contribution in [3.8, 4) is 0 Å². The Kier molecular flexibility index (Phi) is 286. The molecule has 0 radical (unpaired) electrons. The summed E-state index contributed by atoms with van der Waals surface area (Å²) in [4.78, 5) is 0. The molecular formula is Br4IrK.